The second-order valence-electron chi connectivity index (χ2n) is 7.20. The highest BCUT2D eigenvalue weighted by Gasteiger charge is 2.51. The predicted octanol–water partition coefficient (Wildman–Crippen LogP) is 4.94. The summed E-state index contributed by atoms with van der Waals surface area (Å²) in [5.74, 6) is -1.13. The average molecular weight is 459 g/mol. The van der Waals surface area contributed by atoms with Gasteiger partial charge in [-0.3, -0.25) is 15.4 Å². The highest BCUT2D eigenvalue weighted by molar-refractivity contribution is 5.44. The average Bonchev–Trinajstić information content (AvgIpc) is 3.16. The number of ether oxygens (including phenoxy) is 1. The van der Waals surface area contributed by atoms with E-state index in [1.165, 1.54) is 30.3 Å². The Morgan fingerprint density at radius 3 is 2.31 bits per heavy atom. The van der Waals surface area contributed by atoms with Crippen LogP contribution >= 0.6 is 0 Å². The van der Waals surface area contributed by atoms with Gasteiger partial charge in [-0.25, -0.2) is 0 Å². The summed E-state index contributed by atoms with van der Waals surface area (Å²) in [6, 6.07) is 5.94. The van der Waals surface area contributed by atoms with Gasteiger partial charge < -0.3 is 4.74 Å². The Morgan fingerprint density at radius 1 is 1.12 bits per heavy atom. The van der Waals surface area contributed by atoms with Crippen LogP contribution in [0.25, 0.3) is 0 Å². The number of halogens is 6. The van der Waals surface area contributed by atoms with Crippen molar-refractivity contribution in [3.8, 4) is 11.8 Å². The first kappa shape index (κ1) is 23.3. The molecule has 1 N–H and O–H groups in total. The van der Waals surface area contributed by atoms with Crippen LogP contribution in [0.1, 0.15) is 29.0 Å². The second-order valence-corrected chi connectivity index (χ2v) is 7.20. The summed E-state index contributed by atoms with van der Waals surface area (Å²) in [5.41, 5.74) is -2.34. The molecule has 1 fully saturated rings. The second kappa shape index (κ2) is 8.66. The zero-order chi connectivity index (χ0) is 23.7. The fourth-order valence-corrected chi connectivity index (χ4v) is 3.63. The molecule has 0 aliphatic carbocycles. The monoisotopic (exact) mass is 459 g/mol. The third-order valence-electron chi connectivity index (χ3n) is 5.11. The number of nitriles is 1. The molecule has 0 saturated carbocycles. The van der Waals surface area contributed by atoms with Gasteiger partial charge in [0.15, 0.2) is 0 Å². The number of benzene rings is 2. The molecule has 0 spiro atoms. The number of nitrogens with one attached hydrogen (secondary N) is 1. The largest absolute Gasteiger partial charge is 0.492 e. The lowest BCUT2D eigenvalue weighted by Crippen LogP contribution is -2.44. The number of hydrogen-bond donors (Lipinski definition) is 1. The van der Waals surface area contributed by atoms with Crippen molar-refractivity contribution in [2.75, 3.05) is 6.61 Å². The van der Waals surface area contributed by atoms with Crippen molar-refractivity contribution in [3.63, 3.8) is 0 Å². The Bertz CT molecular complexity index is 1030. The van der Waals surface area contributed by atoms with Gasteiger partial charge in [0.05, 0.1) is 22.1 Å². The smallest absolute Gasteiger partial charge is 0.417 e. The SMILES string of the molecule is N#Cc1ccc(C2C[C@@H](COc3ccc([N+](=O)[O-])cc3)N[C@H]2C(F)(F)F)cc1C(F)(F)F. The standard InChI is InChI=1S/C20H15F6N3O3/c21-19(22,23)17-7-11(1-2-12(17)9-27)16-8-13(28-18(16)20(24,25)26)10-32-15-5-3-14(4-6-15)29(30)31/h1-7,13,16,18,28H,8,10H2/t13-,16?,18+/m0/s1. The van der Waals surface area contributed by atoms with Gasteiger partial charge in [-0.1, -0.05) is 6.07 Å². The number of non-ortho nitro benzene ring substituents is 1. The molecule has 0 amide bonds. The summed E-state index contributed by atoms with van der Waals surface area (Å²) in [7, 11) is 0. The first-order chi connectivity index (χ1) is 14.9. The van der Waals surface area contributed by atoms with E-state index in [0.29, 0.717) is 6.07 Å². The van der Waals surface area contributed by atoms with E-state index in [1.807, 2.05) is 0 Å². The Kier molecular flexibility index (Phi) is 6.32. The molecule has 170 valence electrons. The molecule has 0 radical (unpaired) electrons. The molecule has 3 atom stereocenters. The van der Waals surface area contributed by atoms with Crippen LogP contribution in [0.5, 0.6) is 5.75 Å². The Labute approximate surface area is 177 Å². The van der Waals surface area contributed by atoms with E-state index in [4.69, 9.17) is 10.00 Å². The molecule has 1 aliphatic heterocycles. The molecule has 3 rings (SSSR count). The van der Waals surface area contributed by atoms with Crippen molar-refractivity contribution in [3.05, 3.63) is 69.3 Å². The van der Waals surface area contributed by atoms with Gasteiger partial charge in [0, 0.05) is 24.1 Å². The number of nitro benzene ring substituents is 1. The van der Waals surface area contributed by atoms with Gasteiger partial charge in [0.2, 0.25) is 0 Å². The van der Waals surface area contributed by atoms with E-state index >= 15 is 0 Å². The topological polar surface area (TPSA) is 88.2 Å². The maximum atomic E-state index is 13.6. The molecule has 6 nitrogen and oxygen atoms in total. The van der Waals surface area contributed by atoms with E-state index in [1.54, 1.807) is 0 Å². The molecular weight excluding hydrogens is 444 g/mol. The maximum absolute atomic E-state index is 13.6. The van der Waals surface area contributed by atoms with Crippen LogP contribution in [0.15, 0.2) is 42.5 Å². The summed E-state index contributed by atoms with van der Waals surface area (Å²) in [6.45, 7) is -0.233. The number of hydrogen-bond acceptors (Lipinski definition) is 5. The molecular formula is C20H15F6N3O3. The van der Waals surface area contributed by atoms with E-state index in [0.717, 1.165) is 12.1 Å². The van der Waals surface area contributed by atoms with Gasteiger partial charge in [-0.05, 0) is 36.2 Å². The minimum Gasteiger partial charge on any atom is -0.492 e. The van der Waals surface area contributed by atoms with Crippen LogP contribution in [0.4, 0.5) is 32.0 Å². The van der Waals surface area contributed by atoms with Crippen molar-refractivity contribution in [2.24, 2.45) is 0 Å². The first-order valence-electron chi connectivity index (χ1n) is 9.21. The Morgan fingerprint density at radius 2 is 1.78 bits per heavy atom. The molecule has 1 unspecified atom stereocenters. The van der Waals surface area contributed by atoms with Crippen LogP contribution in [-0.4, -0.2) is 29.8 Å². The molecule has 2 aromatic rings. The summed E-state index contributed by atoms with van der Waals surface area (Å²) in [6.07, 6.45) is -9.79. The van der Waals surface area contributed by atoms with Crippen molar-refractivity contribution < 1.29 is 36.0 Å². The lowest BCUT2D eigenvalue weighted by atomic mass is 9.88. The number of rotatable bonds is 5. The van der Waals surface area contributed by atoms with E-state index in [-0.39, 0.29) is 30.0 Å². The molecule has 12 heteroatoms. The van der Waals surface area contributed by atoms with Crippen molar-refractivity contribution in [2.45, 2.75) is 36.8 Å². The minimum atomic E-state index is -4.89. The first-order valence-corrected chi connectivity index (χ1v) is 9.21. The van der Waals surface area contributed by atoms with Crippen LogP contribution in [0.3, 0.4) is 0 Å². The summed E-state index contributed by atoms with van der Waals surface area (Å²) < 4.78 is 85.9. The summed E-state index contributed by atoms with van der Waals surface area (Å²) in [5, 5.41) is 21.9. The van der Waals surface area contributed by atoms with E-state index < -0.39 is 46.4 Å². The van der Waals surface area contributed by atoms with Crippen LogP contribution in [-0.2, 0) is 6.18 Å². The highest BCUT2D eigenvalue weighted by Crippen LogP contribution is 2.42. The highest BCUT2D eigenvalue weighted by atomic mass is 19.4. The van der Waals surface area contributed by atoms with Gasteiger partial charge in [-0.2, -0.15) is 31.6 Å². The predicted molar refractivity (Wildman–Crippen MR) is 98.9 cm³/mol. The molecule has 2 aromatic carbocycles. The van der Waals surface area contributed by atoms with Crippen molar-refractivity contribution >= 4 is 5.69 Å². The fourth-order valence-electron chi connectivity index (χ4n) is 3.63. The Balaban J connectivity index is 1.80. The number of nitro groups is 1. The maximum Gasteiger partial charge on any atom is 0.417 e. The molecule has 32 heavy (non-hydrogen) atoms. The van der Waals surface area contributed by atoms with Gasteiger partial charge in [0.1, 0.15) is 18.4 Å². The third kappa shape index (κ3) is 5.11. The van der Waals surface area contributed by atoms with Gasteiger partial charge >= 0.3 is 12.4 Å². The van der Waals surface area contributed by atoms with E-state index in [2.05, 4.69) is 5.32 Å². The Hall–Kier alpha value is -3.33. The quantitative estimate of drug-likeness (QED) is 0.389. The van der Waals surface area contributed by atoms with E-state index in [9.17, 15) is 36.5 Å². The fraction of sp³-hybridized carbons (Fsp3) is 0.350. The lowest BCUT2D eigenvalue weighted by Gasteiger charge is -2.23. The molecule has 0 aromatic heterocycles. The molecule has 1 heterocycles. The van der Waals surface area contributed by atoms with Crippen molar-refractivity contribution in [1.82, 2.24) is 5.32 Å². The zero-order valence-corrected chi connectivity index (χ0v) is 16.1. The number of alkyl halides is 6. The van der Waals surface area contributed by atoms with Gasteiger partial charge in [-0.15, -0.1) is 0 Å². The number of nitrogens with zero attached hydrogens (tertiary/aromatic N) is 2. The van der Waals surface area contributed by atoms with Gasteiger partial charge in [0.25, 0.3) is 5.69 Å². The van der Waals surface area contributed by atoms with Crippen LogP contribution in [0, 0.1) is 21.4 Å². The summed E-state index contributed by atoms with van der Waals surface area (Å²) in [4.78, 5) is 10.0. The zero-order valence-electron chi connectivity index (χ0n) is 16.1. The van der Waals surface area contributed by atoms with Crippen molar-refractivity contribution in [1.29, 1.82) is 5.26 Å². The summed E-state index contributed by atoms with van der Waals surface area (Å²) >= 11 is 0. The molecule has 0 bridgehead atoms. The lowest BCUT2D eigenvalue weighted by molar-refractivity contribution is -0.384. The molecule has 1 aliphatic rings. The normalized spacial score (nSPS) is 21.2. The van der Waals surface area contributed by atoms with Crippen LogP contribution in [0.2, 0.25) is 0 Å². The third-order valence-corrected chi connectivity index (χ3v) is 5.11. The molecule has 1 saturated heterocycles. The van der Waals surface area contributed by atoms with Crippen LogP contribution < -0.4 is 10.1 Å². The minimum absolute atomic E-state index is 0.166.